The van der Waals surface area contributed by atoms with Gasteiger partial charge >= 0.3 is 0 Å². The second-order valence-corrected chi connectivity index (χ2v) is 5.73. The van der Waals surface area contributed by atoms with E-state index < -0.39 is 0 Å². The van der Waals surface area contributed by atoms with Gasteiger partial charge in [-0.3, -0.25) is 0 Å². The lowest BCUT2D eigenvalue weighted by molar-refractivity contribution is 1.38. The highest BCUT2D eigenvalue weighted by Gasteiger charge is 2.05. The average molecular weight is 335 g/mol. The molecule has 98 valence electrons. The SMILES string of the molecule is Cc1cc(Nc2cccc(Br)c2C)ccc1C(N)=S. The topological polar surface area (TPSA) is 38.0 Å². The molecule has 19 heavy (non-hydrogen) atoms. The summed E-state index contributed by atoms with van der Waals surface area (Å²) >= 11 is 8.54. The number of rotatable bonds is 3. The fraction of sp³-hybridized carbons (Fsp3) is 0.133. The summed E-state index contributed by atoms with van der Waals surface area (Å²) in [6.45, 7) is 4.08. The highest BCUT2D eigenvalue weighted by molar-refractivity contribution is 9.10. The number of thiocarbonyl (C=S) groups is 1. The van der Waals surface area contributed by atoms with Crippen molar-refractivity contribution >= 4 is 44.5 Å². The lowest BCUT2D eigenvalue weighted by Gasteiger charge is -2.12. The van der Waals surface area contributed by atoms with Gasteiger partial charge in [0.05, 0.1) is 0 Å². The number of anilines is 2. The van der Waals surface area contributed by atoms with Crippen LogP contribution in [0.5, 0.6) is 0 Å². The van der Waals surface area contributed by atoms with Crippen LogP contribution in [0.4, 0.5) is 11.4 Å². The lowest BCUT2D eigenvalue weighted by atomic mass is 10.1. The van der Waals surface area contributed by atoms with Crippen molar-refractivity contribution in [1.29, 1.82) is 0 Å². The van der Waals surface area contributed by atoms with Crippen molar-refractivity contribution in [2.24, 2.45) is 5.73 Å². The smallest absolute Gasteiger partial charge is 0.104 e. The highest BCUT2D eigenvalue weighted by atomic mass is 79.9. The Morgan fingerprint density at radius 2 is 1.95 bits per heavy atom. The minimum Gasteiger partial charge on any atom is -0.389 e. The highest BCUT2D eigenvalue weighted by Crippen LogP contribution is 2.27. The fourth-order valence-corrected chi connectivity index (χ4v) is 2.51. The molecule has 0 aromatic heterocycles. The van der Waals surface area contributed by atoms with Crippen LogP contribution < -0.4 is 11.1 Å². The van der Waals surface area contributed by atoms with Crippen LogP contribution in [0.3, 0.4) is 0 Å². The Kier molecular flexibility index (Phi) is 4.22. The van der Waals surface area contributed by atoms with Crippen LogP contribution in [-0.2, 0) is 0 Å². The Labute approximate surface area is 127 Å². The van der Waals surface area contributed by atoms with Gasteiger partial charge in [-0.25, -0.2) is 0 Å². The van der Waals surface area contributed by atoms with Crippen LogP contribution in [0.2, 0.25) is 0 Å². The van der Waals surface area contributed by atoms with E-state index >= 15 is 0 Å². The van der Waals surface area contributed by atoms with Gasteiger partial charge in [0.2, 0.25) is 0 Å². The van der Waals surface area contributed by atoms with E-state index in [4.69, 9.17) is 18.0 Å². The van der Waals surface area contributed by atoms with E-state index in [0.717, 1.165) is 27.0 Å². The van der Waals surface area contributed by atoms with Crippen LogP contribution in [0, 0.1) is 13.8 Å². The molecule has 0 aliphatic heterocycles. The molecule has 2 aromatic rings. The number of halogens is 1. The van der Waals surface area contributed by atoms with Crippen molar-refractivity contribution in [2.75, 3.05) is 5.32 Å². The first-order valence-corrected chi connectivity index (χ1v) is 7.12. The van der Waals surface area contributed by atoms with Crippen molar-refractivity contribution in [1.82, 2.24) is 0 Å². The minimum atomic E-state index is 0.433. The zero-order valence-corrected chi connectivity index (χ0v) is 13.2. The molecular formula is C15H15BrN2S. The average Bonchev–Trinajstić information content (AvgIpc) is 2.34. The molecule has 0 radical (unpaired) electrons. The Bertz CT molecular complexity index is 638. The normalized spacial score (nSPS) is 10.3. The molecule has 3 N–H and O–H groups in total. The van der Waals surface area contributed by atoms with E-state index in [0.29, 0.717) is 4.99 Å². The third kappa shape index (κ3) is 3.14. The molecule has 2 nitrogen and oxygen atoms in total. The number of aryl methyl sites for hydroxylation is 1. The van der Waals surface area contributed by atoms with E-state index in [9.17, 15) is 0 Å². The molecular weight excluding hydrogens is 320 g/mol. The van der Waals surface area contributed by atoms with Gasteiger partial charge in [0.15, 0.2) is 0 Å². The van der Waals surface area contributed by atoms with Gasteiger partial charge < -0.3 is 11.1 Å². The number of hydrogen-bond donors (Lipinski definition) is 2. The first-order valence-electron chi connectivity index (χ1n) is 5.91. The molecule has 0 saturated heterocycles. The summed E-state index contributed by atoms with van der Waals surface area (Å²) in [5, 5.41) is 3.41. The van der Waals surface area contributed by atoms with E-state index in [2.05, 4.69) is 40.3 Å². The van der Waals surface area contributed by atoms with Gasteiger partial charge in [0.1, 0.15) is 4.99 Å². The number of benzene rings is 2. The van der Waals surface area contributed by atoms with E-state index in [-0.39, 0.29) is 0 Å². The van der Waals surface area contributed by atoms with Gasteiger partial charge in [-0.1, -0.05) is 34.2 Å². The zero-order chi connectivity index (χ0) is 14.0. The van der Waals surface area contributed by atoms with Crippen molar-refractivity contribution in [3.63, 3.8) is 0 Å². The molecule has 0 bridgehead atoms. The first kappa shape index (κ1) is 14.0. The van der Waals surface area contributed by atoms with Crippen molar-refractivity contribution < 1.29 is 0 Å². The second-order valence-electron chi connectivity index (χ2n) is 4.43. The Balaban J connectivity index is 2.32. The van der Waals surface area contributed by atoms with Crippen LogP contribution in [0.25, 0.3) is 0 Å². The maximum Gasteiger partial charge on any atom is 0.104 e. The standard InChI is InChI=1S/C15H15BrN2S/c1-9-8-11(6-7-12(9)15(17)19)18-14-5-3-4-13(16)10(14)2/h3-8,18H,1-2H3,(H2,17,19). The largest absolute Gasteiger partial charge is 0.389 e. The van der Waals surface area contributed by atoms with Crippen LogP contribution in [-0.4, -0.2) is 4.99 Å². The van der Waals surface area contributed by atoms with Crippen LogP contribution in [0.15, 0.2) is 40.9 Å². The summed E-state index contributed by atoms with van der Waals surface area (Å²) in [4.78, 5) is 0.433. The lowest BCUT2D eigenvalue weighted by Crippen LogP contribution is -2.11. The predicted octanol–water partition coefficient (Wildman–Crippen LogP) is 4.44. The maximum absolute atomic E-state index is 5.67. The summed E-state index contributed by atoms with van der Waals surface area (Å²) < 4.78 is 1.09. The second kappa shape index (κ2) is 5.72. The summed E-state index contributed by atoms with van der Waals surface area (Å²) in [5.41, 5.74) is 10.9. The van der Waals surface area contributed by atoms with Gasteiger partial charge in [-0.2, -0.15) is 0 Å². The molecule has 0 atom stereocenters. The van der Waals surface area contributed by atoms with Crippen LogP contribution in [0.1, 0.15) is 16.7 Å². The summed E-state index contributed by atoms with van der Waals surface area (Å²) in [6, 6.07) is 12.1. The van der Waals surface area contributed by atoms with Gasteiger partial charge in [0.25, 0.3) is 0 Å². The number of nitrogens with two attached hydrogens (primary N) is 1. The minimum absolute atomic E-state index is 0.433. The summed E-state index contributed by atoms with van der Waals surface area (Å²) in [7, 11) is 0. The monoisotopic (exact) mass is 334 g/mol. The van der Waals surface area contributed by atoms with E-state index in [1.54, 1.807) is 0 Å². The van der Waals surface area contributed by atoms with Crippen molar-refractivity contribution in [3.05, 3.63) is 57.6 Å². The molecule has 0 spiro atoms. The van der Waals surface area contributed by atoms with Gasteiger partial charge in [-0.05, 0) is 55.3 Å². The van der Waals surface area contributed by atoms with Crippen molar-refractivity contribution in [3.8, 4) is 0 Å². The molecule has 0 aliphatic rings. The maximum atomic E-state index is 5.67. The molecule has 4 heteroatoms. The zero-order valence-electron chi connectivity index (χ0n) is 10.8. The predicted molar refractivity (Wildman–Crippen MR) is 89.2 cm³/mol. The van der Waals surface area contributed by atoms with E-state index in [1.807, 2.05) is 31.2 Å². The molecule has 2 rings (SSSR count). The summed E-state index contributed by atoms with van der Waals surface area (Å²) in [5.74, 6) is 0. The molecule has 0 heterocycles. The molecule has 0 unspecified atom stereocenters. The molecule has 0 amide bonds. The Morgan fingerprint density at radius 3 is 2.58 bits per heavy atom. The Morgan fingerprint density at radius 1 is 1.21 bits per heavy atom. The fourth-order valence-electron chi connectivity index (χ4n) is 1.92. The molecule has 0 saturated carbocycles. The Hall–Kier alpha value is -1.39. The number of hydrogen-bond acceptors (Lipinski definition) is 2. The third-order valence-corrected chi connectivity index (χ3v) is 4.12. The third-order valence-electron chi connectivity index (χ3n) is 3.04. The number of nitrogens with one attached hydrogen (secondary N) is 1. The molecule has 0 fully saturated rings. The quantitative estimate of drug-likeness (QED) is 0.814. The molecule has 2 aromatic carbocycles. The van der Waals surface area contributed by atoms with Gasteiger partial charge in [0, 0.05) is 21.4 Å². The first-order chi connectivity index (χ1) is 8.99. The molecule has 0 aliphatic carbocycles. The van der Waals surface area contributed by atoms with Crippen LogP contribution >= 0.6 is 28.1 Å². The van der Waals surface area contributed by atoms with E-state index in [1.165, 1.54) is 5.56 Å². The summed E-state index contributed by atoms with van der Waals surface area (Å²) in [6.07, 6.45) is 0. The van der Waals surface area contributed by atoms with Gasteiger partial charge in [-0.15, -0.1) is 0 Å². The van der Waals surface area contributed by atoms with Crippen molar-refractivity contribution in [2.45, 2.75) is 13.8 Å².